The van der Waals surface area contributed by atoms with Gasteiger partial charge in [0.2, 0.25) is 0 Å². The number of rotatable bonds is 8. The Kier molecular flexibility index (Phi) is 15.9. The molecule has 0 atom stereocenters. The summed E-state index contributed by atoms with van der Waals surface area (Å²) in [5.41, 5.74) is 0. The van der Waals surface area contributed by atoms with Crippen molar-refractivity contribution in [3.05, 3.63) is 30.3 Å². The summed E-state index contributed by atoms with van der Waals surface area (Å²) < 4.78 is 39.3. The van der Waals surface area contributed by atoms with Crippen LogP contribution in [0.2, 0.25) is 0 Å². The van der Waals surface area contributed by atoms with Crippen molar-refractivity contribution in [3.63, 3.8) is 0 Å². The monoisotopic (exact) mass is 354 g/mol. The number of esters is 1. The number of para-hydroxylation sites is 1. The van der Waals surface area contributed by atoms with E-state index in [1.165, 1.54) is 25.7 Å². The molecule has 1 aromatic carbocycles. The summed E-state index contributed by atoms with van der Waals surface area (Å²) in [4.78, 5) is 11.5. The molecule has 0 aliphatic rings. The zero-order valence-corrected chi connectivity index (χ0v) is 15.6. The molecule has 8 heteroatoms. The zero-order valence-electron chi connectivity index (χ0n) is 13.4. The first-order valence-corrected chi connectivity index (χ1v) is 8.58. The van der Waals surface area contributed by atoms with E-state index >= 15 is 0 Å². The quantitative estimate of drug-likeness (QED) is 0.177. The molecule has 0 aromatic heterocycles. The van der Waals surface area contributed by atoms with Crippen LogP contribution in [0, 0.1) is 0 Å². The molecule has 6 nitrogen and oxygen atoms in total. The Balaban J connectivity index is 0. The molecule has 0 saturated heterocycles. The molecule has 0 unspecified atom stereocenters. The molecule has 0 saturated carbocycles. The summed E-state index contributed by atoms with van der Waals surface area (Å²) in [7, 11) is -5.17. The van der Waals surface area contributed by atoms with E-state index in [0.29, 0.717) is 12.2 Å². The van der Waals surface area contributed by atoms with Gasteiger partial charge in [0.15, 0.2) is 0 Å². The van der Waals surface area contributed by atoms with Gasteiger partial charge in [-0.05, 0) is 18.6 Å². The molecule has 0 aliphatic carbocycles. The minimum absolute atomic E-state index is 0. The molecule has 0 amide bonds. The molecule has 126 valence electrons. The molecule has 0 bridgehead atoms. The van der Waals surface area contributed by atoms with E-state index in [1.54, 1.807) is 12.1 Å². The van der Waals surface area contributed by atoms with Gasteiger partial charge in [0.25, 0.3) is 0 Å². The fraction of sp³-hybridized carbons (Fsp3) is 0.533. The maximum Gasteiger partial charge on any atom is 2.00 e. The summed E-state index contributed by atoms with van der Waals surface area (Å²) in [5.74, 6) is 0.523. The minimum Gasteiger partial charge on any atom is -0.759 e. The van der Waals surface area contributed by atoms with Crippen LogP contribution in [0.15, 0.2) is 30.3 Å². The number of unbranched alkanes of at least 4 members (excludes halogenated alkanes) is 5. The second-order valence-corrected chi connectivity index (χ2v) is 5.53. The van der Waals surface area contributed by atoms with Gasteiger partial charge in [-0.15, -0.1) is 0 Å². The Morgan fingerprint density at radius 2 is 1.48 bits per heavy atom. The Labute approximate surface area is 154 Å². The van der Waals surface area contributed by atoms with E-state index in [-0.39, 0.29) is 29.0 Å². The van der Waals surface area contributed by atoms with Gasteiger partial charge >= 0.3 is 29.0 Å². The Hall–Kier alpha value is -0.674. The van der Waals surface area contributed by atoms with Gasteiger partial charge in [-0.3, -0.25) is 13.2 Å². The Morgan fingerprint density at radius 1 is 1.00 bits per heavy atom. The van der Waals surface area contributed by atoms with E-state index in [9.17, 15) is 4.79 Å². The van der Waals surface area contributed by atoms with Crippen molar-refractivity contribution in [2.75, 3.05) is 0 Å². The van der Waals surface area contributed by atoms with E-state index in [4.69, 9.17) is 22.3 Å². The standard InChI is InChI=1S/C15H22O2.Mg.H2O4S/c1-2-3-4-5-6-10-13-15(16)17-14-11-8-7-9-12-14;;1-5(2,3)4/h7-9,11-12H,2-6,10,13H2,1H3;;(H2,1,2,3,4)/q;+2;/p-2. The van der Waals surface area contributed by atoms with Crippen LogP contribution in [0.3, 0.4) is 0 Å². The molecule has 0 N–H and O–H groups in total. The van der Waals surface area contributed by atoms with E-state index in [0.717, 1.165) is 12.8 Å². The number of ether oxygens (including phenoxy) is 1. The van der Waals surface area contributed by atoms with Gasteiger partial charge in [0, 0.05) is 16.8 Å². The average Bonchev–Trinajstić information content (AvgIpc) is 2.42. The molecule has 0 radical (unpaired) electrons. The summed E-state index contributed by atoms with van der Waals surface area (Å²) >= 11 is 0. The third kappa shape index (κ3) is 21.3. The van der Waals surface area contributed by atoms with Crippen LogP contribution in [0.5, 0.6) is 5.75 Å². The third-order valence-electron chi connectivity index (χ3n) is 2.71. The van der Waals surface area contributed by atoms with E-state index < -0.39 is 10.4 Å². The fourth-order valence-electron chi connectivity index (χ4n) is 1.72. The van der Waals surface area contributed by atoms with Crippen LogP contribution in [-0.2, 0) is 15.2 Å². The first-order chi connectivity index (χ1) is 10.3. The molecular weight excluding hydrogens is 333 g/mol. The van der Waals surface area contributed by atoms with Crippen molar-refractivity contribution in [1.82, 2.24) is 0 Å². The fourth-order valence-corrected chi connectivity index (χ4v) is 1.72. The molecule has 0 aliphatic heterocycles. The van der Waals surface area contributed by atoms with Gasteiger partial charge in [0.1, 0.15) is 5.75 Å². The summed E-state index contributed by atoms with van der Waals surface area (Å²) in [6.07, 6.45) is 7.67. The number of hydrogen-bond acceptors (Lipinski definition) is 6. The second kappa shape index (κ2) is 14.9. The van der Waals surface area contributed by atoms with Gasteiger partial charge in [-0.1, -0.05) is 57.2 Å². The topological polar surface area (TPSA) is 107 Å². The first-order valence-electron chi connectivity index (χ1n) is 7.25. The largest absolute Gasteiger partial charge is 2.00 e. The van der Waals surface area contributed by atoms with Crippen molar-refractivity contribution in [1.29, 1.82) is 0 Å². The first kappa shape index (κ1) is 24.6. The van der Waals surface area contributed by atoms with Crippen LogP contribution in [0.25, 0.3) is 0 Å². The SMILES string of the molecule is CCCCCCCCC(=O)Oc1ccccc1.O=S(=O)([O-])[O-].[Mg+2]. The van der Waals surface area contributed by atoms with Crippen molar-refractivity contribution >= 4 is 39.4 Å². The summed E-state index contributed by atoms with van der Waals surface area (Å²) in [6.45, 7) is 2.21. The van der Waals surface area contributed by atoms with Crippen LogP contribution in [0.4, 0.5) is 0 Å². The van der Waals surface area contributed by atoms with Crippen LogP contribution >= 0.6 is 0 Å². The van der Waals surface area contributed by atoms with Crippen LogP contribution < -0.4 is 4.74 Å². The van der Waals surface area contributed by atoms with E-state index in [1.807, 2.05) is 18.2 Å². The molecule has 1 rings (SSSR count). The predicted octanol–water partition coefficient (Wildman–Crippen LogP) is 2.62. The van der Waals surface area contributed by atoms with Crippen LogP contribution in [-0.4, -0.2) is 46.5 Å². The van der Waals surface area contributed by atoms with Gasteiger partial charge in [-0.2, -0.15) is 0 Å². The average molecular weight is 355 g/mol. The number of carbonyl (C=O) groups is 1. The molecule has 0 fully saturated rings. The number of carbonyl (C=O) groups excluding carboxylic acids is 1. The van der Waals surface area contributed by atoms with Crippen molar-refractivity contribution in [2.45, 2.75) is 51.9 Å². The number of hydrogen-bond donors (Lipinski definition) is 0. The van der Waals surface area contributed by atoms with Gasteiger partial charge in [0.05, 0.1) is 0 Å². The maximum absolute atomic E-state index is 11.5. The third-order valence-corrected chi connectivity index (χ3v) is 2.71. The second-order valence-electron chi connectivity index (χ2n) is 4.71. The van der Waals surface area contributed by atoms with Crippen molar-refractivity contribution < 1.29 is 27.1 Å². The van der Waals surface area contributed by atoms with Crippen LogP contribution in [0.1, 0.15) is 51.9 Å². The molecule has 0 spiro atoms. The maximum atomic E-state index is 11.5. The molecular formula is C15H22MgO6S. The van der Waals surface area contributed by atoms with Crippen molar-refractivity contribution in [2.24, 2.45) is 0 Å². The van der Waals surface area contributed by atoms with Crippen molar-refractivity contribution in [3.8, 4) is 5.75 Å². The zero-order chi connectivity index (χ0) is 16.8. The van der Waals surface area contributed by atoms with Gasteiger partial charge < -0.3 is 13.8 Å². The van der Waals surface area contributed by atoms with Gasteiger partial charge in [-0.25, -0.2) is 0 Å². The normalized spacial score (nSPS) is 10.0. The smallest absolute Gasteiger partial charge is 0.759 e. The number of benzene rings is 1. The molecule has 1 aromatic rings. The molecule has 0 heterocycles. The summed E-state index contributed by atoms with van der Waals surface area (Å²) in [6, 6.07) is 9.25. The Morgan fingerprint density at radius 3 is 2.00 bits per heavy atom. The Bertz CT molecular complexity index is 496. The van der Waals surface area contributed by atoms with E-state index in [2.05, 4.69) is 6.92 Å². The molecule has 23 heavy (non-hydrogen) atoms. The predicted molar refractivity (Wildman–Crippen MR) is 86.3 cm³/mol. The minimum atomic E-state index is -5.17. The summed E-state index contributed by atoms with van der Waals surface area (Å²) in [5, 5.41) is 0.